The molecule has 174 valence electrons. The fourth-order valence-corrected chi connectivity index (χ4v) is 4.93. The van der Waals surface area contributed by atoms with Crippen molar-refractivity contribution in [3.63, 3.8) is 0 Å². The van der Waals surface area contributed by atoms with Gasteiger partial charge in [-0.3, -0.25) is 0 Å². The Morgan fingerprint density at radius 2 is 2.06 bits per heavy atom. The van der Waals surface area contributed by atoms with Gasteiger partial charge in [-0.15, -0.1) is 0 Å². The molecule has 2 aliphatic rings. The molecule has 2 aromatic carbocycles. The second kappa shape index (κ2) is 9.11. The van der Waals surface area contributed by atoms with Gasteiger partial charge >= 0.3 is 0 Å². The average molecular weight is 477 g/mol. The maximum Gasteiger partial charge on any atom is 0.145 e. The van der Waals surface area contributed by atoms with Crippen molar-refractivity contribution in [3.05, 3.63) is 94.9 Å². The van der Waals surface area contributed by atoms with E-state index in [1.165, 1.54) is 6.07 Å². The number of aryl methyl sites for hydroxylation is 1. The Morgan fingerprint density at radius 3 is 2.79 bits per heavy atom. The monoisotopic (exact) mass is 476 g/mol. The molecule has 5 rings (SSSR count). The third-order valence-corrected chi connectivity index (χ3v) is 6.47. The van der Waals surface area contributed by atoms with Gasteiger partial charge in [-0.2, -0.15) is 0 Å². The molecule has 2 aliphatic heterocycles. The fourth-order valence-electron chi connectivity index (χ4n) is 4.70. The van der Waals surface area contributed by atoms with Crippen molar-refractivity contribution in [3.8, 4) is 11.4 Å². The standard InChI is InChI=1S/C27H26ClFN4O/c1-17-9-25(19-5-4-6-21(29)11-19)33-15-20(28)12-23(26(33)10-17)31-22-7-8-24(27(13-22)34-3)32-14-18(2)30-16-32/h4-8,10-14,16-17,25H,9,15H2,1-3H3. The number of rotatable bonds is 4. The molecule has 5 nitrogen and oxygen atoms in total. The number of ether oxygens (including phenoxy) is 1. The number of halogens is 2. The number of hydrogen-bond donors (Lipinski definition) is 0. The van der Waals surface area contributed by atoms with Crippen LogP contribution in [0.25, 0.3) is 5.69 Å². The summed E-state index contributed by atoms with van der Waals surface area (Å²) in [6, 6.07) is 12.7. The first kappa shape index (κ1) is 22.4. The van der Waals surface area contributed by atoms with E-state index in [2.05, 4.69) is 22.9 Å². The minimum Gasteiger partial charge on any atom is -0.494 e. The molecular weight excluding hydrogens is 451 g/mol. The lowest BCUT2D eigenvalue weighted by Crippen LogP contribution is -2.39. The zero-order chi connectivity index (χ0) is 23.8. The maximum absolute atomic E-state index is 14.0. The summed E-state index contributed by atoms with van der Waals surface area (Å²) in [4.78, 5) is 11.5. The van der Waals surface area contributed by atoms with E-state index in [4.69, 9.17) is 21.3 Å². The summed E-state index contributed by atoms with van der Waals surface area (Å²) in [6.07, 6.45) is 8.75. The van der Waals surface area contributed by atoms with E-state index in [0.717, 1.165) is 40.5 Å². The van der Waals surface area contributed by atoms with Crippen molar-refractivity contribution in [2.24, 2.45) is 10.9 Å². The SMILES string of the molecule is COc1cc(N=C2C=C(Cl)CN3C2=CC(C)CC3c2cccc(F)c2)ccc1-n1cnc(C)c1. The molecule has 0 saturated carbocycles. The van der Waals surface area contributed by atoms with E-state index in [1.807, 2.05) is 48.0 Å². The Morgan fingerprint density at radius 1 is 1.21 bits per heavy atom. The number of allylic oxidation sites excluding steroid dienone is 2. The average Bonchev–Trinajstić information content (AvgIpc) is 3.25. The van der Waals surface area contributed by atoms with Crippen LogP contribution in [0.4, 0.5) is 10.1 Å². The molecule has 0 amide bonds. The van der Waals surface area contributed by atoms with Gasteiger partial charge in [0.05, 0.1) is 54.5 Å². The second-order valence-corrected chi connectivity index (χ2v) is 9.32. The summed E-state index contributed by atoms with van der Waals surface area (Å²) in [5, 5.41) is 0.698. The molecule has 0 bridgehead atoms. The quantitative estimate of drug-likeness (QED) is 0.431. The highest BCUT2D eigenvalue weighted by Crippen LogP contribution is 2.40. The minimum atomic E-state index is -0.228. The largest absolute Gasteiger partial charge is 0.494 e. The molecule has 3 heterocycles. The number of hydrogen-bond acceptors (Lipinski definition) is 4. The van der Waals surface area contributed by atoms with Crippen molar-refractivity contribution in [1.82, 2.24) is 14.5 Å². The fraction of sp³-hybridized carbons (Fsp3) is 0.259. The Bertz CT molecular complexity index is 1330. The zero-order valence-corrected chi connectivity index (χ0v) is 20.1. The predicted octanol–water partition coefficient (Wildman–Crippen LogP) is 6.50. The van der Waals surface area contributed by atoms with Crippen LogP contribution in [-0.4, -0.2) is 33.8 Å². The Hall–Kier alpha value is -3.38. The lowest BCUT2D eigenvalue weighted by molar-refractivity contribution is 0.235. The van der Waals surface area contributed by atoms with Gasteiger partial charge in [0, 0.05) is 17.3 Å². The van der Waals surface area contributed by atoms with Gasteiger partial charge < -0.3 is 14.2 Å². The van der Waals surface area contributed by atoms with E-state index >= 15 is 0 Å². The van der Waals surface area contributed by atoms with Crippen LogP contribution in [0.15, 0.2) is 82.9 Å². The van der Waals surface area contributed by atoms with Crippen LogP contribution >= 0.6 is 11.6 Å². The maximum atomic E-state index is 14.0. The topological polar surface area (TPSA) is 42.6 Å². The predicted molar refractivity (Wildman–Crippen MR) is 134 cm³/mol. The molecule has 0 fully saturated rings. The number of nitrogens with zero attached hydrogens (tertiary/aromatic N) is 4. The number of methoxy groups -OCH3 is 1. The van der Waals surface area contributed by atoms with Crippen molar-refractivity contribution >= 4 is 23.0 Å². The van der Waals surface area contributed by atoms with E-state index < -0.39 is 0 Å². The van der Waals surface area contributed by atoms with E-state index in [0.29, 0.717) is 23.2 Å². The number of fused-ring (bicyclic) bond motifs is 1. The first-order chi connectivity index (χ1) is 16.4. The second-order valence-electron chi connectivity index (χ2n) is 8.83. The molecule has 0 spiro atoms. The number of aliphatic imine (C=N–C) groups is 1. The Labute approximate surface area is 203 Å². The molecule has 2 unspecified atom stereocenters. The van der Waals surface area contributed by atoms with Crippen molar-refractivity contribution in [1.29, 1.82) is 0 Å². The third kappa shape index (κ3) is 4.38. The van der Waals surface area contributed by atoms with Crippen LogP contribution in [0.5, 0.6) is 5.75 Å². The molecule has 1 aromatic heterocycles. The van der Waals surface area contributed by atoms with Crippen molar-refractivity contribution < 1.29 is 9.13 Å². The Kier molecular flexibility index (Phi) is 6.00. The molecule has 3 aromatic rings. The molecule has 7 heteroatoms. The highest BCUT2D eigenvalue weighted by atomic mass is 35.5. The zero-order valence-electron chi connectivity index (χ0n) is 19.4. The van der Waals surface area contributed by atoms with Gasteiger partial charge in [0.25, 0.3) is 0 Å². The van der Waals surface area contributed by atoms with Crippen LogP contribution in [0, 0.1) is 18.7 Å². The Balaban J connectivity index is 1.53. The highest BCUT2D eigenvalue weighted by Gasteiger charge is 2.33. The van der Waals surface area contributed by atoms with Crippen LogP contribution < -0.4 is 4.74 Å². The van der Waals surface area contributed by atoms with E-state index in [1.54, 1.807) is 25.6 Å². The van der Waals surface area contributed by atoms with Gasteiger partial charge in [-0.25, -0.2) is 14.4 Å². The van der Waals surface area contributed by atoms with Crippen LogP contribution in [-0.2, 0) is 0 Å². The van der Waals surface area contributed by atoms with Crippen molar-refractivity contribution in [2.45, 2.75) is 26.3 Å². The van der Waals surface area contributed by atoms with Gasteiger partial charge in [0.1, 0.15) is 11.6 Å². The summed E-state index contributed by atoms with van der Waals surface area (Å²) in [5.41, 5.74) is 5.34. The van der Waals surface area contributed by atoms with Gasteiger partial charge in [-0.1, -0.05) is 36.7 Å². The molecule has 0 N–H and O–H groups in total. The molecular formula is C27H26ClFN4O. The van der Waals surface area contributed by atoms with Crippen LogP contribution in [0.3, 0.4) is 0 Å². The minimum absolute atomic E-state index is 0.0275. The first-order valence-electron chi connectivity index (χ1n) is 11.3. The molecule has 0 aliphatic carbocycles. The molecule has 0 radical (unpaired) electrons. The van der Waals surface area contributed by atoms with Crippen molar-refractivity contribution in [2.75, 3.05) is 13.7 Å². The first-order valence-corrected chi connectivity index (χ1v) is 11.7. The summed E-state index contributed by atoms with van der Waals surface area (Å²) in [6.45, 7) is 4.70. The van der Waals surface area contributed by atoms with Gasteiger partial charge in [0.15, 0.2) is 0 Å². The highest BCUT2D eigenvalue weighted by molar-refractivity contribution is 6.33. The third-order valence-electron chi connectivity index (χ3n) is 6.24. The summed E-state index contributed by atoms with van der Waals surface area (Å²) in [5.74, 6) is 0.788. The summed E-state index contributed by atoms with van der Waals surface area (Å²) < 4.78 is 21.6. The van der Waals surface area contributed by atoms with Gasteiger partial charge in [0.2, 0.25) is 0 Å². The van der Waals surface area contributed by atoms with Gasteiger partial charge in [-0.05, 0) is 55.2 Å². The summed E-state index contributed by atoms with van der Waals surface area (Å²) >= 11 is 6.59. The normalized spacial score (nSPS) is 21.2. The van der Waals surface area contributed by atoms with E-state index in [-0.39, 0.29) is 11.9 Å². The van der Waals surface area contributed by atoms with E-state index in [9.17, 15) is 4.39 Å². The van der Waals surface area contributed by atoms with Crippen LogP contribution in [0.2, 0.25) is 0 Å². The molecule has 34 heavy (non-hydrogen) atoms. The number of aromatic nitrogens is 2. The molecule has 0 saturated heterocycles. The molecule has 2 atom stereocenters. The number of benzene rings is 2. The number of imidazole rings is 1. The van der Waals surface area contributed by atoms with Crippen LogP contribution in [0.1, 0.15) is 30.6 Å². The lowest BCUT2D eigenvalue weighted by atomic mass is 9.87. The lowest BCUT2D eigenvalue weighted by Gasteiger charge is -2.42. The smallest absolute Gasteiger partial charge is 0.145 e. The summed E-state index contributed by atoms with van der Waals surface area (Å²) in [7, 11) is 1.65.